The maximum atomic E-state index is 10.9. The number of carboxylic acid groups (broad SMARTS) is 1. The molecule has 2 rings (SSSR count). The molecule has 0 saturated heterocycles. The molecule has 3 N–H and O–H groups in total. The lowest BCUT2D eigenvalue weighted by atomic mass is 9.80. The van der Waals surface area contributed by atoms with E-state index in [9.17, 15) is 4.79 Å². The van der Waals surface area contributed by atoms with Gasteiger partial charge in [0.2, 0.25) is 0 Å². The zero-order chi connectivity index (χ0) is 8.77. The highest BCUT2D eigenvalue weighted by Crippen LogP contribution is 2.47. The van der Waals surface area contributed by atoms with E-state index in [2.05, 4.69) is 0 Å². The minimum atomic E-state index is -0.693. The Balaban J connectivity index is 2.21. The highest BCUT2D eigenvalue weighted by Gasteiger charge is 2.49. The molecule has 12 heavy (non-hydrogen) atoms. The van der Waals surface area contributed by atoms with Crippen LogP contribution in [0.15, 0.2) is 0 Å². The van der Waals surface area contributed by atoms with Gasteiger partial charge in [0, 0.05) is 5.54 Å². The maximum absolute atomic E-state index is 10.9. The summed E-state index contributed by atoms with van der Waals surface area (Å²) < 4.78 is 0. The molecule has 3 nitrogen and oxygen atoms in total. The van der Waals surface area contributed by atoms with Gasteiger partial charge in [0.1, 0.15) is 0 Å². The van der Waals surface area contributed by atoms with Gasteiger partial charge < -0.3 is 10.8 Å². The van der Waals surface area contributed by atoms with E-state index in [0.29, 0.717) is 5.92 Å². The summed E-state index contributed by atoms with van der Waals surface area (Å²) in [7, 11) is 0. The zero-order valence-electron chi connectivity index (χ0n) is 7.12. The van der Waals surface area contributed by atoms with Gasteiger partial charge in [-0.25, -0.2) is 0 Å². The van der Waals surface area contributed by atoms with Gasteiger partial charge in [-0.1, -0.05) is 12.8 Å². The van der Waals surface area contributed by atoms with Gasteiger partial charge in [-0.3, -0.25) is 4.79 Å². The van der Waals surface area contributed by atoms with Crippen LogP contribution >= 0.6 is 0 Å². The van der Waals surface area contributed by atoms with E-state index in [4.69, 9.17) is 10.8 Å². The largest absolute Gasteiger partial charge is 0.481 e. The number of fused-ring (bicyclic) bond motifs is 2. The molecular formula is C9H15NO2. The van der Waals surface area contributed by atoms with E-state index in [-0.39, 0.29) is 11.5 Å². The van der Waals surface area contributed by atoms with E-state index in [1.807, 2.05) is 0 Å². The molecule has 2 bridgehead atoms. The van der Waals surface area contributed by atoms with Gasteiger partial charge in [0.25, 0.3) is 0 Å². The first-order valence-electron chi connectivity index (χ1n) is 4.63. The summed E-state index contributed by atoms with van der Waals surface area (Å²) in [5.41, 5.74) is 5.70. The summed E-state index contributed by atoms with van der Waals surface area (Å²) in [6.45, 7) is 0. The molecule has 0 aromatic rings. The van der Waals surface area contributed by atoms with Crippen LogP contribution in [-0.2, 0) is 4.79 Å². The van der Waals surface area contributed by atoms with Crippen LogP contribution in [0.3, 0.4) is 0 Å². The first-order valence-corrected chi connectivity index (χ1v) is 4.63. The molecule has 3 heteroatoms. The van der Waals surface area contributed by atoms with Crippen LogP contribution in [0, 0.1) is 11.8 Å². The van der Waals surface area contributed by atoms with Gasteiger partial charge in [0.05, 0.1) is 5.92 Å². The average Bonchev–Trinajstić information content (AvgIpc) is 2.21. The molecule has 2 saturated carbocycles. The third-order valence-electron chi connectivity index (χ3n) is 3.48. The number of carboxylic acids is 1. The average molecular weight is 169 g/mol. The predicted octanol–water partition coefficient (Wildman–Crippen LogP) is 0.979. The maximum Gasteiger partial charge on any atom is 0.308 e. The Morgan fingerprint density at radius 3 is 2.92 bits per heavy atom. The van der Waals surface area contributed by atoms with Crippen molar-refractivity contribution in [3.8, 4) is 0 Å². The smallest absolute Gasteiger partial charge is 0.308 e. The van der Waals surface area contributed by atoms with E-state index < -0.39 is 5.97 Å². The first-order chi connectivity index (χ1) is 5.62. The van der Waals surface area contributed by atoms with Crippen molar-refractivity contribution < 1.29 is 9.90 Å². The molecule has 0 unspecified atom stereocenters. The van der Waals surface area contributed by atoms with Gasteiger partial charge in [-0.2, -0.15) is 0 Å². The van der Waals surface area contributed by atoms with E-state index in [1.54, 1.807) is 0 Å². The second kappa shape index (κ2) is 2.46. The minimum Gasteiger partial charge on any atom is -0.481 e. The monoisotopic (exact) mass is 169 g/mol. The fourth-order valence-electron chi connectivity index (χ4n) is 2.89. The molecule has 0 spiro atoms. The number of hydrogen-bond acceptors (Lipinski definition) is 2. The topological polar surface area (TPSA) is 63.3 Å². The highest BCUT2D eigenvalue weighted by molar-refractivity contribution is 5.72. The normalized spacial score (nSPS) is 46.1. The zero-order valence-corrected chi connectivity index (χ0v) is 7.12. The Morgan fingerprint density at radius 2 is 2.33 bits per heavy atom. The van der Waals surface area contributed by atoms with Crippen molar-refractivity contribution in [1.29, 1.82) is 0 Å². The fourth-order valence-corrected chi connectivity index (χ4v) is 2.89. The Hall–Kier alpha value is -0.570. The molecule has 2 fully saturated rings. The van der Waals surface area contributed by atoms with Crippen LogP contribution in [0.4, 0.5) is 0 Å². The molecule has 68 valence electrons. The Bertz CT molecular complexity index is 217. The third kappa shape index (κ3) is 1.04. The van der Waals surface area contributed by atoms with Crippen molar-refractivity contribution in [2.24, 2.45) is 17.6 Å². The molecule has 0 amide bonds. The second-order valence-corrected chi connectivity index (χ2v) is 4.32. The molecule has 0 aromatic carbocycles. The van der Waals surface area contributed by atoms with E-state index in [1.165, 1.54) is 6.42 Å². The van der Waals surface area contributed by atoms with Crippen molar-refractivity contribution >= 4 is 5.97 Å². The first kappa shape index (κ1) is 8.05. The quantitative estimate of drug-likeness (QED) is 0.615. The number of carbonyl (C=O) groups is 1. The molecule has 3 atom stereocenters. The molecular weight excluding hydrogens is 154 g/mol. The SMILES string of the molecule is N[C@@]12CCC[C@@H](C[C@@H]1C(=O)O)C2. The summed E-state index contributed by atoms with van der Waals surface area (Å²) in [5.74, 6) is -0.378. The van der Waals surface area contributed by atoms with Gasteiger partial charge in [-0.15, -0.1) is 0 Å². The number of hydrogen-bond donors (Lipinski definition) is 2. The van der Waals surface area contributed by atoms with Crippen molar-refractivity contribution in [3.63, 3.8) is 0 Å². The third-order valence-corrected chi connectivity index (χ3v) is 3.48. The Kier molecular flexibility index (Phi) is 1.65. The van der Waals surface area contributed by atoms with Gasteiger partial charge in [0.15, 0.2) is 0 Å². The van der Waals surface area contributed by atoms with Crippen LogP contribution < -0.4 is 5.73 Å². The second-order valence-electron chi connectivity index (χ2n) is 4.32. The van der Waals surface area contributed by atoms with Gasteiger partial charge in [-0.05, 0) is 25.2 Å². The lowest BCUT2D eigenvalue weighted by molar-refractivity contribution is -0.143. The lowest BCUT2D eigenvalue weighted by Crippen LogP contribution is -2.47. The summed E-state index contributed by atoms with van der Waals surface area (Å²) in [5, 5.41) is 8.95. The summed E-state index contributed by atoms with van der Waals surface area (Å²) in [6.07, 6.45) is 4.95. The standard InChI is InChI=1S/C9H15NO2/c10-9-3-1-2-6(5-9)4-7(9)8(11)12/h6-7H,1-5,10H2,(H,11,12)/t6-,7+,9+/m0/s1. The minimum absolute atomic E-state index is 0.273. The molecule has 0 heterocycles. The van der Waals surface area contributed by atoms with Crippen LogP contribution in [0.25, 0.3) is 0 Å². The number of aliphatic carboxylic acids is 1. The molecule has 2 aliphatic carbocycles. The number of nitrogens with two attached hydrogens (primary N) is 1. The number of rotatable bonds is 1. The molecule has 0 aliphatic heterocycles. The van der Waals surface area contributed by atoms with Crippen molar-refractivity contribution in [2.45, 2.75) is 37.6 Å². The van der Waals surface area contributed by atoms with Crippen LogP contribution in [0.2, 0.25) is 0 Å². The summed E-state index contributed by atoms with van der Waals surface area (Å²) >= 11 is 0. The van der Waals surface area contributed by atoms with Gasteiger partial charge >= 0.3 is 5.97 Å². The van der Waals surface area contributed by atoms with Crippen LogP contribution in [0.5, 0.6) is 0 Å². The predicted molar refractivity (Wildman–Crippen MR) is 44.6 cm³/mol. The van der Waals surface area contributed by atoms with Crippen molar-refractivity contribution in [3.05, 3.63) is 0 Å². The lowest BCUT2D eigenvalue weighted by Gasteiger charge is -2.31. The molecule has 0 radical (unpaired) electrons. The van der Waals surface area contributed by atoms with Crippen LogP contribution in [-0.4, -0.2) is 16.6 Å². The van der Waals surface area contributed by atoms with Crippen LogP contribution in [0.1, 0.15) is 32.1 Å². The fraction of sp³-hybridized carbons (Fsp3) is 0.889. The molecule has 2 aliphatic rings. The Morgan fingerprint density at radius 1 is 1.58 bits per heavy atom. The highest BCUT2D eigenvalue weighted by atomic mass is 16.4. The van der Waals surface area contributed by atoms with E-state index >= 15 is 0 Å². The van der Waals surface area contributed by atoms with Crippen molar-refractivity contribution in [2.75, 3.05) is 0 Å². The van der Waals surface area contributed by atoms with E-state index in [0.717, 1.165) is 25.7 Å². The summed E-state index contributed by atoms with van der Waals surface area (Å²) in [4.78, 5) is 10.9. The van der Waals surface area contributed by atoms with Crippen molar-refractivity contribution in [1.82, 2.24) is 0 Å². The summed E-state index contributed by atoms with van der Waals surface area (Å²) in [6, 6.07) is 0. The molecule has 0 aromatic heterocycles. The Labute approximate surface area is 71.9 Å².